The van der Waals surface area contributed by atoms with Gasteiger partial charge < -0.3 is 5.11 Å². The van der Waals surface area contributed by atoms with Gasteiger partial charge in [0.05, 0.1) is 8.07 Å². The number of aliphatic carboxylic acids is 1. The number of carboxylic acids is 1. The van der Waals surface area contributed by atoms with E-state index in [-0.39, 0.29) is 0 Å². The number of carbonyl (C=O) groups is 1. The summed E-state index contributed by atoms with van der Waals surface area (Å²) in [6.07, 6.45) is 5.68. The second-order valence-corrected chi connectivity index (χ2v) is 9.14. The van der Waals surface area contributed by atoms with Crippen molar-refractivity contribution in [1.82, 2.24) is 0 Å². The molecule has 0 aliphatic heterocycles. The fourth-order valence-electron chi connectivity index (χ4n) is 1.19. The van der Waals surface area contributed by atoms with E-state index >= 15 is 0 Å². The van der Waals surface area contributed by atoms with Gasteiger partial charge in [0.1, 0.15) is 0 Å². The van der Waals surface area contributed by atoms with Crippen LogP contribution >= 0.6 is 0 Å². The van der Waals surface area contributed by atoms with Gasteiger partial charge in [-0.1, -0.05) is 24.8 Å². The lowest BCUT2D eigenvalue weighted by atomic mass is 10.2. The third-order valence-corrected chi connectivity index (χ3v) is 4.32. The molecule has 0 aromatic heterocycles. The molecule has 0 atom stereocenters. The van der Waals surface area contributed by atoms with Crippen molar-refractivity contribution >= 4 is 14.0 Å². The molecule has 1 N–H and O–H groups in total. The molecule has 0 radical (unpaired) electrons. The molecule has 0 aliphatic carbocycles. The van der Waals surface area contributed by atoms with E-state index in [4.69, 9.17) is 11.5 Å². The van der Waals surface area contributed by atoms with Gasteiger partial charge >= 0.3 is 5.97 Å². The Morgan fingerprint density at radius 3 is 2.15 bits per heavy atom. The van der Waals surface area contributed by atoms with Crippen LogP contribution in [0.5, 0.6) is 0 Å². The lowest BCUT2D eigenvalue weighted by Crippen LogP contribution is -2.26. The first-order valence-corrected chi connectivity index (χ1v) is 7.67. The Morgan fingerprint density at radius 2 is 1.92 bits per heavy atom. The van der Waals surface area contributed by atoms with Gasteiger partial charge in [0.25, 0.3) is 0 Å². The van der Waals surface area contributed by atoms with Crippen LogP contribution < -0.4 is 0 Å². The Kier molecular flexibility index (Phi) is 3.95. The Balaban J connectivity index is 5.15. The van der Waals surface area contributed by atoms with E-state index in [1.165, 1.54) is 0 Å². The smallest absolute Gasteiger partial charge is 0.330 e. The highest BCUT2D eigenvalue weighted by atomic mass is 28.3. The first-order chi connectivity index (χ1) is 5.80. The third-order valence-electron chi connectivity index (χ3n) is 1.96. The van der Waals surface area contributed by atoms with Crippen LogP contribution in [-0.4, -0.2) is 19.1 Å². The molecule has 72 valence electrons. The van der Waals surface area contributed by atoms with Crippen LogP contribution in [0.25, 0.3) is 0 Å². The van der Waals surface area contributed by atoms with Crippen LogP contribution in [0.3, 0.4) is 0 Å². The molecule has 0 fully saturated rings. The zero-order valence-electron chi connectivity index (χ0n) is 8.64. The number of allylic oxidation sites excluding steroid dienone is 1. The van der Waals surface area contributed by atoms with Crippen LogP contribution in [0.2, 0.25) is 19.6 Å². The summed E-state index contributed by atoms with van der Waals surface area (Å²) >= 11 is 0. The Hall–Kier alpha value is -1.01. The minimum Gasteiger partial charge on any atom is -0.478 e. The molecule has 0 rings (SSSR count). The fraction of sp³-hybridized carbons (Fsp3) is 0.500. The quantitative estimate of drug-likeness (QED) is 0.427. The summed E-state index contributed by atoms with van der Waals surface area (Å²) in [5, 5.41) is 9.80. The highest BCUT2D eigenvalue weighted by Crippen LogP contribution is 2.21. The second-order valence-electron chi connectivity index (χ2n) is 4.04. The maximum atomic E-state index is 10.8. The molecular formula is C10H16O2Si. The summed E-state index contributed by atoms with van der Waals surface area (Å²) in [6.45, 7) is 7.94. The van der Waals surface area contributed by atoms with Crippen LogP contribution in [0.15, 0.2) is 10.8 Å². The predicted molar refractivity (Wildman–Crippen MR) is 57.1 cm³/mol. The van der Waals surface area contributed by atoms with E-state index in [1.54, 1.807) is 6.92 Å². The summed E-state index contributed by atoms with van der Waals surface area (Å²) in [7, 11) is -1.58. The number of terminal acetylenes is 1. The monoisotopic (exact) mass is 196 g/mol. The van der Waals surface area contributed by atoms with Gasteiger partial charge in [0.15, 0.2) is 0 Å². The van der Waals surface area contributed by atoms with Crippen molar-refractivity contribution in [3.05, 3.63) is 10.8 Å². The van der Waals surface area contributed by atoms with Crippen LogP contribution in [0.1, 0.15) is 13.3 Å². The van der Waals surface area contributed by atoms with E-state index < -0.39 is 14.0 Å². The van der Waals surface area contributed by atoms with Gasteiger partial charge in [-0.2, -0.15) is 0 Å². The van der Waals surface area contributed by atoms with E-state index in [2.05, 4.69) is 25.6 Å². The molecule has 3 heteroatoms. The van der Waals surface area contributed by atoms with Gasteiger partial charge in [-0.05, 0) is 6.92 Å². The fourth-order valence-corrected chi connectivity index (χ4v) is 3.06. The molecule has 0 heterocycles. The average Bonchev–Trinajstić information content (AvgIpc) is 1.96. The van der Waals surface area contributed by atoms with Crippen molar-refractivity contribution in [3.8, 4) is 12.3 Å². The van der Waals surface area contributed by atoms with Gasteiger partial charge in [0, 0.05) is 12.0 Å². The largest absolute Gasteiger partial charge is 0.478 e. The summed E-state index contributed by atoms with van der Waals surface area (Å²) < 4.78 is 0. The summed E-state index contributed by atoms with van der Waals surface area (Å²) in [6, 6.07) is 0. The second kappa shape index (κ2) is 4.29. The average molecular weight is 196 g/mol. The molecule has 0 aliphatic rings. The highest BCUT2D eigenvalue weighted by molar-refractivity contribution is 6.83. The van der Waals surface area contributed by atoms with Gasteiger partial charge in [-0.25, -0.2) is 4.79 Å². The molecule has 0 unspecified atom stereocenters. The molecule has 0 amide bonds. The highest BCUT2D eigenvalue weighted by Gasteiger charge is 2.23. The number of carboxylic acid groups (broad SMARTS) is 1. The predicted octanol–water partition coefficient (Wildman–Crippen LogP) is 2.29. The lowest BCUT2D eigenvalue weighted by molar-refractivity contribution is -0.132. The molecule has 0 bridgehead atoms. The van der Waals surface area contributed by atoms with Crippen LogP contribution in [-0.2, 0) is 4.79 Å². The van der Waals surface area contributed by atoms with E-state index in [0.717, 1.165) is 5.20 Å². The van der Waals surface area contributed by atoms with Crippen LogP contribution in [0, 0.1) is 12.3 Å². The standard InChI is InChI=1S/C10H16O2Si/c1-6-7-9(13(3,4)5)8(2)10(11)12/h1H,7H2,2-5H3,(H,11,12)/b9-8+. The first-order valence-electron chi connectivity index (χ1n) is 4.17. The van der Waals surface area contributed by atoms with Crippen molar-refractivity contribution in [2.75, 3.05) is 0 Å². The molecular weight excluding hydrogens is 180 g/mol. The van der Waals surface area contributed by atoms with Crippen molar-refractivity contribution < 1.29 is 9.90 Å². The maximum Gasteiger partial charge on any atom is 0.330 e. The summed E-state index contributed by atoms with van der Waals surface area (Å²) in [5.41, 5.74) is 0.428. The minimum absolute atomic E-state index is 0.428. The van der Waals surface area contributed by atoms with Crippen molar-refractivity contribution in [1.29, 1.82) is 0 Å². The van der Waals surface area contributed by atoms with Gasteiger partial charge in [0.2, 0.25) is 0 Å². The topological polar surface area (TPSA) is 37.3 Å². The van der Waals surface area contributed by atoms with Crippen molar-refractivity contribution in [2.24, 2.45) is 0 Å². The normalized spacial score (nSPS) is 13.2. The first kappa shape index (κ1) is 12.0. The van der Waals surface area contributed by atoms with E-state index in [1.807, 2.05) is 0 Å². The molecule has 13 heavy (non-hydrogen) atoms. The third kappa shape index (κ3) is 3.47. The van der Waals surface area contributed by atoms with E-state index in [0.29, 0.717) is 12.0 Å². The zero-order chi connectivity index (χ0) is 10.6. The van der Waals surface area contributed by atoms with Crippen LogP contribution in [0.4, 0.5) is 0 Å². The zero-order valence-corrected chi connectivity index (χ0v) is 9.64. The van der Waals surface area contributed by atoms with Gasteiger partial charge in [-0.3, -0.25) is 0 Å². The molecule has 0 aromatic rings. The summed E-state index contributed by atoms with van der Waals surface area (Å²) in [4.78, 5) is 10.8. The van der Waals surface area contributed by atoms with Crippen molar-refractivity contribution in [2.45, 2.75) is 33.0 Å². The number of hydrogen-bond donors (Lipinski definition) is 1. The Labute approximate surface area is 80.7 Å². The number of rotatable bonds is 3. The Bertz CT molecular complexity index is 276. The lowest BCUT2D eigenvalue weighted by Gasteiger charge is -2.20. The van der Waals surface area contributed by atoms with Crippen molar-refractivity contribution in [3.63, 3.8) is 0 Å². The molecule has 0 spiro atoms. The Morgan fingerprint density at radius 1 is 1.46 bits per heavy atom. The molecule has 0 saturated heterocycles. The van der Waals surface area contributed by atoms with E-state index in [9.17, 15) is 4.79 Å². The molecule has 0 saturated carbocycles. The minimum atomic E-state index is -1.58. The maximum absolute atomic E-state index is 10.8. The SMILES string of the molecule is C#CC/C(=C(/C)C(=O)O)[Si](C)(C)C. The molecule has 2 nitrogen and oxygen atoms in total. The van der Waals surface area contributed by atoms with Gasteiger partial charge in [-0.15, -0.1) is 12.3 Å². The molecule has 0 aromatic carbocycles. The number of hydrogen-bond acceptors (Lipinski definition) is 1. The summed E-state index contributed by atoms with van der Waals surface area (Å²) in [5.74, 6) is 1.67.